The summed E-state index contributed by atoms with van der Waals surface area (Å²) in [6, 6.07) is 4.53. The average Bonchev–Trinajstić information content (AvgIpc) is 2.16. The fraction of sp³-hybridized carbons (Fsp3) is 0.300. The van der Waals surface area contributed by atoms with Crippen molar-refractivity contribution in [2.24, 2.45) is 0 Å². The smallest absolute Gasteiger partial charge is 0.321 e. The van der Waals surface area contributed by atoms with Crippen molar-refractivity contribution >= 4 is 18.4 Å². The minimum atomic E-state index is -0.830. The number of rotatable bonds is 1. The Labute approximate surface area is 93.3 Å². The summed E-state index contributed by atoms with van der Waals surface area (Å²) in [5.41, 5.74) is 1.97. The summed E-state index contributed by atoms with van der Waals surface area (Å²) in [4.78, 5) is 10.7. The Balaban J connectivity index is 0.00000112. The topological polar surface area (TPSA) is 69.6 Å². The molecule has 0 radical (unpaired) electrons. The fourth-order valence-electron chi connectivity index (χ4n) is 1.68. The highest BCUT2D eigenvalue weighted by Gasteiger charge is 2.23. The van der Waals surface area contributed by atoms with Gasteiger partial charge >= 0.3 is 5.97 Å². The number of aromatic hydroxyl groups is 1. The van der Waals surface area contributed by atoms with Gasteiger partial charge in [-0.2, -0.15) is 0 Å². The molecule has 1 aromatic rings. The van der Waals surface area contributed by atoms with Crippen molar-refractivity contribution in [3.05, 3.63) is 29.3 Å². The number of carboxylic acids is 1. The summed E-state index contributed by atoms with van der Waals surface area (Å²) in [7, 11) is 0. The van der Waals surface area contributed by atoms with Gasteiger partial charge in [0.1, 0.15) is 11.8 Å². The van der Waals surface area contributed by atoms with Crippen molar-refractivity contribution in [3.8, 4) is 5.75 Å². The Morgan fingerprint density at radius 3 is 2.80 bits per heavy atom. The molecule has 4 nitrogen and oxygen atoms in total. The van der Waals surface area contributed by atoms with Gasteiger partial charge in [0, 0.05) is 6.54 Å². The van der Waals surface area contributed by atoms with Crippen LogP contribution in [0.4, 0.5) is 0 Å². The third kappa shape index (κ3) is 2.40. The molecule has 82 valence electrons. The van der Waals surface area contributed by atoms with E-state index in [0.29, 0.717) is 13.0 Å². The lowest BCUT2D eigenvalue weighted by Gasteiger charge is -2.22. The van der Waals surface area contributed by atoms with Crippen LogP contribution in [0.5, 0.6) is 5.75 Å². The van der Waals surface area contributed by atoms with E-state index in [1.165, 1.54) is 0 Å². The van der Waals surface area contributed by atoms with Crippen LogP contribution in [0.15, 0.2) is 18.2 Å². The molecule has 0 saturated carbocycles. The molecule has 15 heavy (non-hydrogen) atoms. The maximum Gasteiger partial charge on any atom is 0.321 e. The summed E-state index contributed by atoms with van der Waals surface area (Å²) in [6.07, 6.45) is 0.477. The second-order valence-corrected chi connectivity index (χ2v) is 3.43. The maximum absolute atomic E-state index is 10.7. The number of fused-ring (bicyclic) bond motifs is 1. The molecule has 3 N–H and O–H groups in total. The van der Waals surface area contributed by atoms with Crippen molar-refractivity contribution < 1.29 is 15.0 Å². The Hall–Kier alpha value is -1.26. The molecule has 0 saturated heterocycles. The first-order valence-electron chi connectivity index (χ1n) is 4.44. The Morgan fingerprint density at radius 1 is 1.40 bits per heavy atom. The first-order valence-corrected chi connectivity index (χ1v) is 4.44. The predicted octanol–water partition coefficient (Wildman–Crippen LogP) is 0.913. The number of hydrogen-bond acceptors (Lipinski definition) is 3. The fourth-order valence-corrected chi connectivity index (χ4v) is 1.68. The lowest BCUT2D eigenvalue weighted by atomic mass is 9.96. The van der Waals surface area contributed by atoms with Crippen LogP contribution >= 0.6 is 12.4 Å². The molecular formula is C10H12ClNO3. The third-order valence-electron chi connectivity index (χ3n) is 2.45. The predicted molar refractivity (Wildman–Crippen MR) is 57.3 cm³/mol. The Morgan fingerprint density at radius 2 is 2.13 bits per heavy atom. The van der Waals surface area contributed by atoms with Gasteiger partial charge in [0.2, 0.25) is 0 Å². The number of carboxylic acid groups (broad SMARTS) is 1. The van der Waals surface area contributed by atoms with Gasteiger partial charge in [-0.3, -0.25) is 4.79 Å². The number of aliphatic carboxylic acids is 1. The van der Waals surface area contributed by atoms with Crippen molar-refractivity contribution in [2.45, 2.75) is 19.0 Å². The third-order valence-corrected chi connectivity index (χ3v) is 2.45. The number of nitrogens with one attached hydrogen (secondary N) is 1. The van der Waals surface area contributed by atoms with Gasteiger partial charge in [-0.1, -0.05) is 6.07 Å². The van der Waals surface area contributed by atoms with Crippen LogP contribution in [-0.4, -0.2) is 22.2 Å². The first kappa shape index (κ1) is 11.8. The lowest BCUT2D eigenvalue weighted by molar-refractivity contribution is -0.139. The Kier molecular flexibility index (Phi) is 3.55. The van der Waals surface area contributed by atoms with Crippen molar-refractivity contribution in [3.63, 3.8) is 0 Å². The van der Waals surface area contributed by atoms with Gasteiger partial charge < -0.3 is 15.5 Å². The van der Waals surface area contributed by atoms with Crippen LogP contribution in [0.2, 0.25) is 0 Å². The van der Waals surface area contributed by atoms with Crippen LogP contribution in [0.1, 0.15) is 11.1 Å². The molecule has 0 aliphatic carbocycles. The minimum absolute atomic E-state index is 0. The van der Waals surface area contributed by atoms with Crippen LogP contribution in [0, 0.1) is 0 Å². The lowest BCUT2D eigenvalue weighted by Crippen LogP contribution is -2.41. The molecule has 0 fully saturated rings. The van der Waals surface area contributed by atoms with Crippen molar-refractivity contribution in [1.29, 1.82) is 0 Å². The zero-order valence-electron chi connectivity index (χ0n) is 7.93. The molecule has 1 unspecified atom stereocenters. The summed E-state index contributed by atoms with van der Waals surface area (Å²) in [5.74, 6) is -0.608. The highest BCUT2D eigenvalue weighted by molar-refractivity contribution is 5.85. The number of carbonyl (C=O) groups is 1. The monoisotopic (exact) mass is 229 g/mol. The van der Waals surface area contributed by atoms with Gasteiger partial charge in [0.25, 0.3) is 0 Å². The van der Waals surface area contributed by atoms with Crippen LogP contribution < -0.4 is 5.32 Å². The SMILES string of the molecule is Cl.O=C(O)C1Cc2ccc(O)cc2CN1. The molecule has 1 aromatic carbocycles. The van der Waals surface area contributed by atoms with E-state index in [2.05, 4.69) is 5.32 Å². The van der Waals surface area contributed by atoms with Gasteiger partial charge in [0.05, 0.1) is 0 Å². The van der Waals surface area contributed by atoms with Gasteiger partial charge in [-0.05, 0) is 29.7 Å². The molecule has 0 amide bonds. The standard InChI is InChI=1S/C10H11NO3.ClH/c12-8-2-1-6-4-9(10(13)14)11-5-7(6)3-8;/h1-3,9,11-12H,4-5H2,(H,13,14);1H. The van der Waals surface area contributed by atoms with Gasteiger partial charge in [0.15, 0.2) is 0 Å². The average molecular weight is 230 g/mol. The van der Waals surface area contributed by atoms with E-state index < -0.39 is 12.0 Å². The number of phenols is 1. The number of hydrogen-bond donors (Lipinski definition) is 3. The van der Waals surface area contributed by atoms with E-state index >= 15 is 0 Å². The molecule has 1 aliphatic heterocycles. The molecular weight excluding hydrogens is 218 g/mol. The van der Waals surface area contributed by atoms with Crippen LogP contribution in [-0.2, 0) is 17.8 Å². The summed E-state index contributed by atoms with van der Waals surface area (Å²) >= 11 is 0. The first-order chi connectivity index (χ1) is 6.66. The van der Waals surface area contributed by atoms with E-state index in [-0.39, 0.29) is 18.2 Å². The maximum atomic E-state index is 10.7. The molecule has 2 rings (SSSR count). The summed E-state index contributed by atoms with van der Waals surface area (Å²) in [5, 5.41) is 20.9. The van der Waals surface area contributed by atoms with E-state index in [1.807, 2.05) is 0 Å². The van der Waals surface area contributed by atoms with E-state index in [1.54, 1.807) is 18.2 Å². The van der Waals surface area contributed by atoms with Gasteiger partial charge in [-0.25, -0.2) is 0 Å². The largest absolute Gasteiger partial charge is 0.508 e. The summed E-state index contributed by atoms with van der Waals surface area (Å²) in [6.45, 7) is 0.501. The highest BCUT2D eigenvalue weighted by Crippen LogP contribution is 2.21. The number of halogens is 1. The molecule has 1 atom stereocenters. The minimum Gasteiger partial charge on any atom is -0.508 e. The normalized spacial score (nSPS) is 18.8. The van der Waals surface area contributed by atoms with E-state index in [0.717, 1.165) is 11.1 Å². The quantitative estimate of drug-likeness (QED) is 0.670. The second kappa shape index (κ2) is 4.51. The zero-order valence-corrected chi connectivity index (χ0v) is 8.75. The number of phenolic OH excluding ortho intramolecular Hbond substituents is 1. The van der Waals surface area contributed by atoms with Crippen molar-refractivity contribution in [2.75, 3.05) is 0 Å². The van der Waals surface area contributed by atoms with Crippen LogP contribution in [0.25, 0.3) is 0 Å². The van der Waals surface area contributed by atoms with Crippen LogP contribution in [0.3, 0.4) is 0 Å². The van der Waals surface area contributed by atoms with E-state index in [9.17, 15) is 9.90 Å². The summed E-state index contributed by atoms with van der Waals surface area (Å²) < 4.78 is 0. The molecule has 1 heterocycles. The highest BCUT2D eigenvalue weighted by atomic mass is 35.5. The van der Waals surface area contributed by atoms with Crippen molar-refractivity contribution in [1.82, 2.24) is 5.32 Å². The molecule has 0 bridgehead atoms. The molecule has 5 heteroatoms. The zero-order chi connectivity index (χ0) is 10.1. The van der Waals surface area contributed by atoms with Gasteiger partial charge in [-0.15, -0.1) is 12.4 Å². The molecule has 1 aliphatic rings. The number of benzene rings is 1. The molecule has 0 aromatic heterocycles. The second-order valence-electron chi connectivity index (χ2n) is 3.43. The molecule has 0 spiro atoms. The van der Waals surface area contributed by atoms with E-state index in [4.69, 9.17) is 5.11 Å². The Bertz CT molecular complexity index is 381.